The lowest BCUT2D eigenvalue weighted by Crippen LogP contribution is -2.55. The Kier molecular flexibility index (Phi) is 5.75. The summed E-state index contributed by atoms with van der Waals surface area (Å²) in [5.41, 5.74) is -12.5. The first-order chi connectivity index (χ1) is 18.1. The van der Waals surface area contributed by atoms with Crippen LogP contribution >= 0.6 is 0 Å². The number of nitrogens with zero attached hydrogens (tertiary/aromatic N) is 2. The summed E-state index contributed by atoms with van der Waals surface area (Å²) in [5, 5.41) is 1.76. The number of hydrogen-bond acceptors (Lipinski definition) is 3. The van der Waals surface area contributed by atoms with Crippen LogP contribution in [0.5, 0.6) is 0 Å². The molecule has 1 amide bonds. The van der Waals surface area contributed by atoms with Gasteiger partial charge in [0.15, 0.2) is 5.78 Å². The normalized spacial score (nSPS) is 21.5. The van der Waals surface area contributed by atoms with Crippen LogP contribution in [0, 0.1) is 5.41 Å². The Bertz CT molecular complexity index is 1570. The number of nitrogens with one attached hydrogen (secondary N) is 1. The van der Waals surface area contributed by atoms with Crippen LogP contribution < -0.4 is 10.5 Å². The Morgan fingerprint density at radius 1 is 0.795 bits per heavy atom. The van der Waals surface area contributed by atoms with Crippen LogP contribution in [-0.4, -0.2) is 27.6 Å². The lowest BCUT2D eigenvalue weighted by atomic mass is 9.66. The minimum atomic E-state index is -5.79. The van der Waals surface area contributed by atoms with E-state index >= 15 is 13.2 Å². The zero-order valence-electron chi connectivity index (χ0n) is 20.6. The van der Waals surface area contributed by atoms with Crippen LogP contribution in [0.15, 0.2) is 76.7 Å². The number of allylic oxidation sites excluding steroid dienone is 1. The SMILES string of the molecule is CC1(C)CC(=O)C2=C(C1)N(c1ccccc1)C(=O)C2(c1c(C(F)(F)F)[nH]n(-c2ccccc2)c1=O)C(F)(F)F. The number of Topliss-reactive ketones (excluding diaryl/α,β-unsaturated/α-hetero) is 1. The summed E-state index contributed by atoms with van der Waals surface area (Å²) in [6, 6.07) is 13.7. The van der Waals surface area contributed by atoms with Gasteiger partial charge in [-0.15, -0.1) is 0 Å². The summed E-state index contributed by atoms with van der Waals surface area (Å²) in [4.78, 5) is 41.8. The lowest BCUT2D eigenvalue weighted by molar-refractivity contribution is -0.186. The summed E-state index contributed by atoms with van der Waals surface area (Å²) >= 11 is 0. The van der Waals surface area contributed by atoms with E-state index in [1.807, 2.05) is 0 Å². The highest BCUT2D eigenvalue weighted by atomic mass is 19.4. The van der Waals surface area contributed by atoms with Crippen molar-refractivity contribution in [1.29, 1.82) is 0 Å². The second-order valence-corrected chi connectivity index (χ2v) is 10.3. The molecule has 39 heavy (non-hydrogen) atoms. The van der Waals surface area contributed by atoms with E-state index < -0.39 is 63.7 Å². The average molecular weight is 549 g/mol. The fourth-order valence-electron chi connectivity index (χ4n) is 5.54. The molecule has 2 heterocycles. The van der Waals surface area contributed by atoms with E-state index in [9.17, 15) is 27.6 Å². The Labute approximate surface area is 217 Å². The molecule has 2 aliphatic rings. The highest BCUT2D eigenvalue weighted by Crippen LogP contribution is 2.59. The van der Waals surface area contributed by atoms with Crippen LogP contribution in [0.2, 0.25) is 0 Å². The molecule has 0 radical (unpaired) electrons. The molecule has 1 aromatic heterocycles. The zero-order chi connectivity index (χ0) is 28.5. The van der Waals surface area contributed by atoms with E-state index in [-0.39, 0.29) is 23.5 Å². The summed E-state index contributed by atoms with van der Waals surface area (Å²) in [7, 11) is 0. The monoisotopic (exact) mass is 549 g/mol. The van der Waals surface area contributed by atoms with Gasteiger partial charge in [-0.05, 0) is 36.1 Å². The van der Waals surface area contributed by atoms with E-state index in [0.717, 1.165) is 0 Å². The molecule has 12 heteroatoms. The fraction of sp³-hybridized carbons (Fsp3) is 0.296. The molecule has 1 unspecified atom stereocenters. The van der Waals surface area contributed by atoms with Crippen molar-refractivity contribution in [3.63, 3.8) is 0 Å². The Hall–Kier alpha value is -4.09. The van der Waals surface area contributed by atoms with Gasteiger partial charge in [0.2, 0.25) is 5.41 Å². The summed E-state index contributed by atoms with van der Waals surface area (Å²) < 4.78 is 89.6. The van der Waals surface area contributed by atoms with Crippen molar-refractivity contribution < 1.29 is 35.9 Å². The van der Waals surface area contributed by atoms with Gasteiger partial charge in [-0.25, -0.2) is 4.68 Å². The first-order valence-electron chi connectivity index (χ1n) is 11.8. The average Bonchev–Trinajstić information content (AvgIpc) is 3.31. The molecule has 5 rings (SSSR count). The number of aromatic amines is 1. The van der Waals surface area contributed by atoms with Gasteiger partial charge < -0.3 is 0 Å². The van der Waals surface area contributed by atoms with Gasteiger partial charge in [0.1, 0.15) is 5.69 Å². The van der Waals surface area contributed by atoms with Crippen LogP contribution in [0.1, 0.15) is 37.9 Å². The standard InChI is InChI=1S/C27H21F6N3O3/c1-24(2)13-17-19(18(37)14-24)25(27(31,32)33,23(39)35(17)15-9-5-3-6-10-15)20-21(26(28,29)30)34-36(22(20)38)16-11-7-4-8-12-16/h3-12,34H,13-14H2,1-2H3. The van der Waals surface area contributed by atoms with Crippen molar-refractivity contribution in [2.45, 2.75) is 44.5 Å². The zero-order valence-corrected chi connectivity index (χ0v) is 20.6. The molecule has 1 N–H and O–H groups in total. The first kappa shape index (κ1) is 26.5. The van der Waals surface area contributed by atoms with Gasteiger partial charge >= 0.3 is 12.4 Å². The smallest absolute Gasteiger partial charge is 0.294 e. The van der Waals surface area contributed by atoms with Gasteiger partial charge in [-0.3, -0.25) is 24.4 Å². The summed E-state index contributed by atoms with van der Waals surface area (Å²) in [5.74, 6) is -3.01. The molecule has 6 nitrogen and oxygen atoms in total. The lowest BCUT2D eigenvalue weighted by Gasteiger charge is -2.35. The van der Waals surface area contributed by atoms with Crippen molar-refractivity contribution in [3.05, 3.63) is 93.5 Å². The molecule has 1 aliphatic heterocycles. The number of alkyl halides is 6. The van der Waals surface area contributed by atoms with Crippen LogP contribution in [0.4, 0.5) is 32.0 Å². The van der Waals surface area contributed by atoms with E-state index in [4.69, 9.17) is 0 Å². The predicted molar refractivity (Wildman–Crippen MR) is 128 cm³/mol. The number of H-pyrrole nitrogens is 1. The molecule has 0 saturated heterocycles. The first-order valence-corrected chi connectivity index (χ1v) is 11.8. The number of halogens is 6. The predicted octanol–water partition coefficient (Wildman–Crippen LogP) is 5.67. The van der Waals surface area contributed by atoms with Gasteiger partial charge in [0.05, 0.1) is 11.3 Å². The molecule has 2 aromatic carbocycles. The Morgan fingerprint density at radius 3 is 1.85 bits per heavy atom. The van der Waals surface area contributed by atoms with Gasteiger partial charge in [-0.2, -0.15) is 26.3 Å². The van der Waals surface area contributed by atoms with Crippen molar-refractivity contribution in [2.24, 2.45) is 5.41 Å². The highest BCUT2D eigenvalue weighted by molar-refractivity contribution is 6.20. The molecule has 1 atom stereocenters. The molecular formula is C27H21F6N3O3. The number of aromatic nitrogens is 2. The van der Waals surface area contributed by atoms with Crippen molar-refractivity contribution in [3.8, 4) is 5.69 Å². The van der Waals surface area contributed by atoms with Crippen molar-refractivity contribution in [1.82, 2.24) is 9.78 Å². The number of carbonyl (C=O) groups is 2. The van der Waals surface area contributed by atoms with E-state index in [2.05, 4.69) is 0 Å². The van der Waals surface area contributed by atoms with Gasteiger partial charge in [0, 0.05) is 23.4 Å². The Balaban J connectivity index is 1.95. The van der Waals surface area contributed by atoms with Gasteiger partial charge in [-0.1, -0.05) is 50.2 Å². The van der Waals surface area contributed by atoms with E-state index in [0.29, 0.717) is 9.58 Å². The highest BCUT2D eigenvalue weighted by Gasteiger charge is 2.74. The molecule has 1 aliphatic carbocycles. The topological polar surface area (TPSA) is 75.2 Å². The second kappa shape index (κ2) is 8.45. The number of rotatable bonds is 3. The number of para-hydroxylation sites is 2. The molecule has 204 valence electrons. The quantitative estimate of drug-likeness (QED) is 0.428. The molecule has 0 bridgehead atoms. The van der Waals surface area contributed by atoms with E-state index in [1.165, 1.54) is 54.6 Å². The maximum Gasteiger partial charge on any atom is 0.433 e. The minimum Gasteiger partial charge on any atom is -0.294 e. The van der Waals surface area contributed by atoms with Crippen molar-refractivity contribution in [2.75, 3.05) is 4.90 Å². The number of amides is 1. The minimum absolute atomic E-state index is 0.0703. The number of anilines is 1. The number of hydrogen-bond donors (Lipinski definition) is 1. The third-order valence-corrected chi connectivity index (χ3v) is 7.02. The molecule has 0 saturated carbocycles. The molecular weight excluding hydrogens is 528 g/mol. The van der Waals surface area contributed by atoms with Crippen molar-refractivity contribution >= 4 is 17.4 Å². The van der Waals surface area contributed by atoms with E-state index in [1.54, 1.807) is 25.0 Å². The number of carbonyl (C=O) groups excluding carboxylic acids is 2. The molecule has 0 spiro atoms. The fourth-order valence-corrected chi connectivity index (χ4v) is 5.54. The molecule has 0 fully saturated rings. The third-order valence-electron chi connectivity index (χ3n) is 7.02. The van der Waals surface area contributed by atoms with Gasteiger partial charge in [0.25, 0.3) is 11.5 Å². The molecule has 3 aromatic rings. The second-order valence-electron chi connectivity index (χ2n) is 10.3. The summed E-state index contributed by atoms with van der Waals surface area (Å²) in [6.07, 6.45) is -12.0. The Morgan fingerprint density at radius 2 is 1.33 bits per heavy atom. The largest absolute Gasteiger partial charge is 0.433 e. The summed E-state index contributed by atoms with van der Waals surface area (Å²) in [6.45, 7) is 3.21. The van der Waals surface area contributed by atoms with Crippen LogP contribution in [0.25, 0.3) is 5.69 Å². The van der Waals surface area contributed by atoms with Crippen LogP contribution in [0.3, 0.4) is 0 Å². The third kappa shape index (κ3) is 3.83. The maximum absolute atomic E-state index is 15.4. The van der Waals surface area contributed by atoms with Crippen LogP contribution in [-0.2, 0) is 21.2 Å². The number of ketones is 1. The number of benzene rings is 2. The maximum atomic E-state index is 15.4.